The number of esters is 1. The average molecular weight is 160 g/mol. The number of ether oxygens (including phenoxy) is 1. The van der Waals surface area contributed by atoms with Crippen LogP contribution in [0.25, 0.3) is 5.57 Å². The Kier molecular flexibility index (Phi) is 1.47. The van der Waals surface area contributed by atoms with Gasteiger partial charge in [0.1, 0.15) is 5.75 Å². The first-order valence-corrected chi connectivity index (χ1v) is 3.81. The second-order valence-corrected chi connectivity index (χ2v) is 2.59. The van der Waals surface area contributed by atoms with Crippen molar-refractivity contribution >= 4 is 11.5 Å². The van der Waals surface area contributed by atoms with Crippen molar-refractivity contribution < 1.29 is 9.53 Å². The minimum atomic E-state index is -0.251. The Morgan fingerprint density at radius 1 is 1.33 bits per heavy atom. The first-order valence-electron chi connectivity index (χ1n) is 3.81. The van der Waals surface area contributed by atoms with Crippen LogP contribution in [0, 0.1) is 0 Å². The maximum absolute atomic E-state index is 11.2. The molecule has 60 valence electrons. The van der Waals surface area contributed by atoms with Crippen molar-refractivity contribution in [1.29, 1.82) is 0 Å². The minimum Gasteiger partial charge on any atom is -0.422 e. The summed E-state index contributed by atoms with van der Waals surface area (Å²) in [5.41, 5.74) is 1.55. The fourth-order valence-corrected chi connectivity index (χ4v) is 1.32. The van der Waals surface area contributed by atoms with Gasteiger partial charge in [0.25, 0.3) is 0 Å². The smallest absolute Gasteiger partial charge is 0.343 e. The van der Waals surface area contributed by atoms with Crippen LogP contribution in [0.4, 0.5) is 0 Å². The van der Waals surface area contributed by atoms with Gasteiger partial charge < -0.3 is 4.74 Å². The highest BCUT2D eigenvalue weighted by Gasteiger charge is 2.24. The van der Waals surface area contributed by atoms with Crippen molar-refractivity contribution in [2.45, 2.75) is 6.92 Å². The lowest BCUT2D eigenvalue weighted by Crippen LogP contribution is -1.99. The highest BCUT2D eigenvalue weighted by atomic mass is 16.5. The lowest BCUT2D eigenvalue weighted by Gasteiger charge is -1.92. The summed E-state index contributed by atoms with van der Waals surface area (Å²) in [6, 6.07) is 7.42. The first-order chi connectivity index (χ1) is 5.83. The van der Waals surface area contributed by atoms with E-state index in [1.54, 1.807) is 12.1 Å². The van der Waals surface area contributed by atoms with Gasteiger partial charge in [-0.3, -0.25) is 0 Å². The Hall–Kier alpha value is -1.57. The molecule has 0 radical (unpaired) electrons. The number of para-hydroxylation sites is 1. The van der Waals surface area contributed by atoms with Crippen molar-refractivity contribution in [1.82, 2.24) is 0 Å². The molecule has 0 saturated heterocycles. The number of rotatable bonds is 0. The molecule has 0 N–H and O–H groups in total. The highest BCUT2D eigenvalue weighted by Crippen LogP contribution is 2.33. The van der Waals surface area contributed by atoms with E-state index in [2.05, 4.69) is 0 Å². The highest BCUT2D eigenvalue weighted by molar-refractivity contribution is 6.21. The summed E-state index contributed by atoms with van der Waals surface area (Å²) in [5.74, 6) is 0.411. The fourth-order valence-electron chi connectivity index (χ4n) is 1.32. The van der Waals surface area contributed by atoms with Gasteiger partial charge in [0, 0.05) is 5.56 Å². The summed E-state index contributed by atoms with van der Waals surface area (Å²) >= 11 is 0. The van der Waals surface area contributed by atoms with Gasteiger partial charge in [0.2, 0.25) is 0 Å². The molecule has 1 aliphatic heterocycles. The van der Waals surface area contributed by atoms with E-state index in [-0.39, 0.29) is 5.97 Å². The van der Waals surface area contributed by atoms with Crippen LogP contribution in [0.5, 0.6) is 5.75 Å². The monoisotopic (exact) mass is 160 g/mol. The topological polar surface area (TPSA) is 26.3 Å². The van der Waals surface area contributed by atoms with Crippen LogP contribution in [0.3, 0.4) is 0 Å². The summed E-state index contributed by atoms with van der Waals surface area (Å²) < 4.78 is 5.00. The molecule has 0 saturated carbocycles. The summed E-state index contributed by atoms with van der Waals surface area (Å²) in [6.45, 7) is 1.83. The van der Waals surface area contributed by atoms with E-state index in [4.69, 9.17) is 4.74 Å². The quantitative estimate of drug-likeness (QED) is 0.329. The normalized spacial score (nSPS) is 17.8. The maximum atomic E-state index is 11.2. The summed E-state index contributed by atoms with van der Waals surface area (Å²) in [4.78, 5) is 11.2. The molecule has 2 rings (SSSR count). The van der Waals surface area contributed by atoms with Gasteiger partial charge in [-0.2, -0.15) is 0 Å². The standard InChI is InChI=1S/C10H8O2/c1-2-7-8-5-3-4-6-9(8)12-10(7)11/h2-6H,1H3. The number of hydrogen-bond donors (Lipinski definition) is 0. The molecule has 0 bridgehead atoms. The van der Waals surface area contributed by atoms with Gasteiger partial charge in [0.15, 0.2) is 0 Å². The molecular weight excluding hydrogens is 152 g/mol. The number of benzene rings is 1. The Bertz CT molecular complexity index is 364. The van der Waals surface area contributed by atoms with Crippen molar-refractivity contribution in [2.75, 3.05) is 0 Å². The molecule has 1 aliphatic rings. The average Bonchev–Trinajstić information content (AvgIpc) is 2.40. The molecule has 1 aromatic rings. The van der Waals surface area contributed by atoms with Crippen molar-refractivity contribution in [3.8, 4) is 5.75 Å². The molecule has 1 aromatic carbocycles. The largest absolute Gasteiger partial charge is 0.422 e. The van der Waals surface area contributed by atoms with E-state index in [9.17, 15) is 4.79 Å². The van der Waals surface area contributed by atoms with Crippen LogP contribution in [-0.2, 0) is 4.79 Å². The van der Waals surface area contributed by atoms with Gasteiger partial charge in [0.05, 0.1) is 5.57 Å². The molecule has 12 heavy (non-hydrogen) atoms. The summed E-state index contributed by atoms with van der Waals surface area (Å²) in [6.07, 6.45) is 1.77. The van der Waals surface area contributed by atoms with Gasteiger partial charge in [-0.25, -0.2) is 4.79 Å². The summed E-state index contributed by atoms with van der Waals surface area (Å²) in [5, 5.41) is 0. The maximum Gasteiger partial charge on any atom is 0.343 e. The van der Waals surface area contributed by atoms with Crippen LogP contribution < -0.4 is 4.74 Å². The fraction of sp³-hybridized carbons (Fsp3) is 0.100. The first kappa shape index (κ1) is 7.10. The van der Waals surface area contributed by atoms with E-state index in [1.807, 2.05) is 25.1 Å². The van der Waals surface area contributed by atoms with Crippen LogP contribution in [-0.4, -0.2) is 5.97 Å². The third-order valence-corrected chi connectivity index (χ3v) is 1.89. The third-order valence-electron chi connectivity index (χ3n) is 1.89. The van der Waals surface area contributed by atoms with Crippen LogP contribution in [0.15, 0.2) is 30.3 Å². The zero-order valence-corrected chi connectivity index (χ0v) is 6.70. The molecule has 0 fully saturated rings. The molecule has 1 heterocycles. The minimum absolute atomic E-state index is 0.251. The zero-order valence-electron chi connectivity index (χ0n) is 6.70. The molecular formula is C10H8O2. The van der Waals surface area contributed by atoms with Gasteiger partial charge in [-0.1, -0.05) is 24.3 Å². The number of carbonyl (C=O) groups excluding carboxylic acids is 1. The second kappa shape index (κ2) is 2.48. The van der Waals surface area contributed by atoms with E-state index in [1.165, 1.54) is 0 Å². The predicted molar refractivity (Wildman–Crippen MR) is 45.7 cm³/mol. The van der Waals surface area contributed by atoms with Crippen LogP contribution in [0.2, 0.25) is 0 Å². The number of carbonyl (C=O) groups is 1. The van der Waals surface area contributed by atoms with E-state index < -0.39 is 0 Å². The summed E-state index contributed by atoms with van der Waals surface area (Å²) in [7, 11) is 0. The van der Waals surface area contributed by atoms with Gasteiger partial charge in [-0.05, 0) is 13.0 Å². The molecule has 0 unspecified atom stereocenters. The predicted octanol–water partition coefficient (Wildman–Crippen LogP) is 2.01. The Morgan fingerprint density at radius 2 is 2.08 bits per heavy atom. The van der Waals surface area contributed by atoms with Crippen molar-refractivity contribution in [2.24, 2.45) is 0 Å². The van der Waals surface area contributed by atoms with E-state index >= 15 is 0 Å². The second-order valence-electron chi connectivity index (χ2n) is 2.59. The lowest BCUT2D eigenvalue weighted by molar-refractivity contribution is -0.126. The van der Waals surface area contributed by atoms with E-state index in [0.29, 0.717) is 11.3 Å². The molecule has 2 nitrogen and oxygen atoms in total. The van der Waals surface area contributed by atoms with Crippen molar-refractivity contribution in [3.63, 3.8) is 0 Å². The van der Waals surface area contributed by atoms with Crippen LogP contribution in [0.1, 0.15) is 12.5 Å². The Labute approximate surface area is 70.5 Å². The molecule has 0 aromatic heterocycles. The Morgan fingerprint density at radius 3 is 2.83 bits per heavy atom. The van der Waals surface area contributed by atoms with Crippen LogP contribution >= 0.6 is 0 Å². The molecule has 0 aliphatic carbocycles. The molecule has 2 heteroatoms. The molecule has 0 atom stereocenters. The number of hydrogen-bond acceptors (Lipinski definition) is 2. The van der Waals surface area contributed by atoms with E-state index in [0.717, 1.165) is 5.56 Å². The molecule has 0 spiro atoms. The number of fused-ring (bicyclic) bond motifs is 1. The number of allylic oxidation sites excluding steroid dienone is 1. The van der Waals surface area contributed by atoms with Gasteiger partial charge >= 0.3 is 5.97 Å². The third kappa shape index (κ3) is 0.848. The zero-order chi connectivity index (χ0) is 8.55. The lowest BCUT2D eigenvalue weighted by atomic mass is 10.1. The molecule has 0 amide bonds. The van der Waals surface area contributed by atoms with Crippen molar-refractivity contribution in [3.05, 3.63) is 35.9 Å². The SMILES string of the molecule is CC=C1C(=O)Oc2ccccc21. The van der Waals surface area contributed by atoms with Gasteiger partial charge in [-0.15, -0.1) is 0 Å². The Balaban J connectivity index is 2.62.